The van der Waals surface area contributed by atoms with Gasteiger partial charge in [-0.2, -0.15) is 0 Å². The molecule has 0 aromatic carbocycles. The highest BCUT2D eigenvalue weighted by Gasteiger charge is 2.21. The van der Waals surface area contributed by atoms with Crippen molar-refractivity contribution in [2.75, 3.05) is 32.0 Å². The number of likely N-dealkylation sites (N-methyl/N-ethyl adjacent to an activating group) is 1. The minimum atomic E-state index is 0.614. The van der Waals surface area contributed by atoms with E-state index in [-0.39, 0.29) is 0 Å². The molecule has 2 rings (SSSR count). The Kier molecular flexibility index (Phi) is 4.37. The van der Waals surface area contributed by atoms with E-state index in [1.807, 2.05) is 13.1 Å². The van der Waals surface area contributed by atoms with Crippen molar-refractivity contribution >= 4 is 16.5 Å². The van der Waals surface area contributed by atoms with Gasteiger partial charge in [0.1, 0.15) is 0 Å². The summed E-state index contributed by atoms with van der Waals surface area (Å²) in [5.74, 6) is 0. The minimum Gasteiger partial charge on any atom is -0.336 e. The predicted molar refractivity (Wildman–Crippen MR) is 77.9 cm³/mol. The van der Waals surface area contributed by atoms with E-state index in [0.717, 1.165) is 37.0 Å². The lowest BCUT2D eigenvalue weighted by Gasteiger charge is -2.37. The van der Waals surface area contributed by atoms with Gasteiger partial charge in [-0.3, -0.25) is 4.90 Å². The van der Waals surface area contributed by atoms with Crippen molar-refractivity contribution in [2.24, 2.45) is 0 Å². The van der Waals surface area contributed by atoms with E-state index in [1.165, 1.54) is 4.88 Å². The van der Waals surface area contributed by atoms with E-state index in [9.17, 15) is 0 Å². The van der Waals surface area contributed by atoms with Gasteiger partial charge in [0.15, 0.2) is 5.13 Å². The summed E-state index contributed by atoms with van der Waals surface area (Å²) >= 11 is 1.72. The molecule has 2 heterocycles. The lowest BCUT2D eigenvalue weighted by molar-refractivity contribution is 0.0947. The molecule has 5 heteroatoms. The topological polar surface area (TPSA) is 31.4 Å². The van der Waals surface area contributed by atoms with E-state index >= 15 is 0 Å². The molecule has 0 spiro atoms. The highest BCUT2D eigenvalue weighted by atomic mass is 32.1. The van der Waals surface area contributed by atoms with Crippen LogP contribution in [0, 0.1) is 0 Å². The maximum Gasteiger partial charge on any atom is 0.187 e. The minimum absolute atomic E-state index is 0.614. The smallest absolute Gasteiger partial charge is 0.187 e. The molecule has 1 atom stereocenters. The summed E-state index contributed by atoms with van der Waals surface area (Å²) in [6.07, 6.45) is 1.97. The summed E-state index contributed by atoms with van der Waals surface area (Å²) in [5.41, 5.74) is 0.934. The summed E-state index contributed by atoms with van der Waals surface area (Å²) in [7, 11) is 2.19. The maximum absolute atomic E-state index is 4.37. The van der Waals surface area contributed by atoms with Crippen LogP contribution in [0.3, 0.4) is 0 Å². The van der Waals surface area contributed by atoms with Gasteiger partial charge in [0, 0.05) is 49.0 Å². The molecule has 0 saturated carbocycles. The van der Waals surface area contributed by atoms with Crippen LogP contribution in [0.4, 0.5) is 5.13 Å². The standard InChI is InChI=1S/C13H22N4S/c1-10(2)15-13-14-7-12(18-13)9-17-6-5-16(4)8-11(17)3/h7,11H,1,5-6,8-9H2,2-4H3,(H,14,15). The van der Waals surface area contributed by atoms with Crippen LogP contribution in [-0.2, 0) is 6.54 Å². The Morgan fingerprint density at radius 3 is 3.06 bits per heavy atom. The number of hydrogen-bond acceptors (Lipinski definition) is 5. The average Bonchev–Trinajstić information content (AvgIpc) is 2.69. The molecule has 0 bridgehead atoms. The Hall–Kier alpha value is -0.910. The third-order valence-corrected chi connectivity index (χ3v) is 4.10. The number of nitrogens with one attached hydrogen (secondary N) is 1. The van der Waals surface area contributed by atoms with Crippen LogP contribution in [0.5, 0.6) is 0 Å². The van der Waals surface area contributed by atoms with E-state index in [0.29, 0.717) is 6.04 Å². The fraction of sp³-hybridized carbons (Fsp3) is 0.615. The quantitative estimate of drug-likeness (QED) is 0.905. The van der Waals surface area contributed by atoms with Crippen LogP contribution in [0.25, 0.3) is 0 Å². The Morgan fingerprint density at radius 2 is 2.39 bits per heavy atom. The van der Waals surface area contributed by atoms with Crippen LogP contribution < -0.4 is 5.32 Å². The molecule has 1 saturated heterocycles. The molecule has 1 aromatic heterocycles. The SMILES string of the molecule is C=C(C)Nc1ncc(CN2CCN(C)CC2C)s1. The number of nitrogens with zero attached hydrogens (tertiary/aromatic N) is 3. The summed E-state index contributed by atoms with van der Waals surface area (Å²) < 4.78 is 0. The van der Waals surface area contributed by atoms with Gasteiger partial charge >= 0.3 is 0 Å². The highest BCUT2D eigenvalue weighted by Crippen LogP contribution is 2.22. The fourth-order valence-electron chi connectivity index (χ4n) is 2.23. The average molecular weight is 266 g/mol. The number of thiazole rings is 1. The zero-order valence-electron chi connectivity index (χ0n) is 11.4. The van der Waals surface area contributed by atoms with Crippen molar-refractivity contribution in [3.8, 4) is 0 Å². The van der Waals surface area contributed by atoms with Crippen molar-refractivity contribution < 1.29 is 0 Å². The molecule has 0 radical (unpaired) electrons. The second-order valence-electron chi connectivity index (χ2n) is 5.12. The molecule has 18 heavy (non-hydrogen) atoms. The van der Waals surface area contributed by atoms with Crippen molar-refractivity contribution in [3.63, 3.8) is 0 Å². The van der Waals surface area contributed by atoms with Crippen molar-refractivity contribution in [1.82, 2.24) is 14.8 Å². The first-order valence-electron chi connectivity index (χ1n) is 6.34. The van der Waals surface area contributed by atoms with Gasteiger partial charge < -0.3 is 10.2 Å². The molecule has 1 aliphatic heterocycles. The van der Waals surface area contributed by atoms with Gasteiger partial charge in [-0.15, -0.1) is 11.3 Å². The zero-order valence-corrected chi connectivity index (χ0v) is 12.3. The number of aromatic nitrogens is 1. The van der Waals surface area contributed by atoms with Gasteiger partial charge in [-0.1, -0.05) is 6.58 Å². The van der Waals surface area contributed by atoms with Gasteiger partial charge in [-0.25, -0.2) is 4.98 Å². The second kappa shape index (κ2) is 5.82. The molecule has 1 fully saturated rings. The van der Waals surface area contributed by atoms with Gasteiger partial charge in [0.2, 0.25) is 0 Å². The lowest BCUT2D eigenvalue weighted by Crippen LogP contribution is -2.49. The molecule has 1 aliphatic rings. The van der Waals surface area contributed by atoms with Crippen LogP contribution in [-0.4, -0.2) is 47.5 Å². The fourth-order valence-corrected chi connectivity index (χ4v) is 3.15. The summed E-state index contributed by atoms with van der Waals surface area (Å²) in [6.45, 7) is 12.5. The first-order chi connectivity index (χ1) is 8.54. The number of rotatable bonds is 4. The molecule has 0 aliphatic carbocycles. The van der Waals surface area contributed by atoms with E-state index in [1.54, 1.807) is 11.3 Å². The third-order valence-electron chi connectivity index (χ3n) is 3.20. The number of allylic oxidation sites excluding steroid dienone is 1. The molecular formula is C13H22N4S. The molecule has 0 amide bonds. The van der Waals surface area contributed by atoms with Gasteiger partial charge in [0.25, 0.3) is 0 Å². The molecule has 4 nitrogen and oxygen atoms in total. The second-order valence-corrected chi connectivity index (χ2v) is 6.23. The normalized spacial score (nSPS) is 22.1. The first-order valence-corrected chi connectivity index (χ1v) is 7.16. The van der Waals surface area contributed by atoms with Gasteiger partial charge in [0.05, 0.1) is 0 Å². The maximum atomic E-state index is 4.37. The van der Waals surface area contributed by atoms with Crippen LogP contribution in [0.2, 0.25) is 0 Å². The van der Waals surface area contributed by atoms with Crippen molar-refractivity contribution in [3.05, 3.63) is 23.3 Å². The van der Waals surface area contributed by atoms with Crippen LogP contribution in [0.15, 0.2) is 18.5 Å². The third kappa shape index (κ3) is 3.54. The van der Waals surface area contributed by atoms with Crippen LogP contribution >= 0.6 is 11.3 Å². The number of anilines is 1. The van der Waals surface area contributed by atoms with E-state index in [4.69, 9.17) is 0 Å². The van der Waals surface area contributed by atoms with E-state index < -0.39 is 0 Å². The number of piperazine rings is 1. The predicted octanol–water partition coefficient (Wildman–Crippen LogP) is 2.22. The molecule has 100 valence electrons. The Labute approximate surface area is 113 Å². The van der Waals surface area contributed by atoms with Gasteiger partial charge in [-0.05, 0) is 20.9 Å². The molecule has 1 N–H and O–H groups in total. The van der Waals surface area contributed by atoms with Crippen LogP contribution in [0.1, 0.15) is 18.7 Å². The number of hydrogen-bond donors (Lipinski definition) is 1. The van der Waals surface area contributed by atoms with E-state index in [2.05, 4.69) is 40.7 Å². The monoisotopic (exact) mass is 266 g/mol. The molecule has 1 unspecified atom stereocenters. The first kappa shape index (κ1) is 13.5. The molecular weight excluding hydrogens is 244 g/mol. The summed E-state index contributed by atoms with van der Waals surface area (Å²) in [4.78, 5) is 10.6. The Morgan fingerprint density at radius 1 is 1.61 bits per heavy atom. The highest BCUT2D eigenvalue weighted by molar-refractivity contribution is 7.15. The lowest BCUT2D eigenvalue weighted by atomic mass is 10.2. The zero-order chi connectivity index (χ0) is 13.1. The Bertz CT molecular complexity index is 415. The Balaban J connectivity index is 1.92. The van der Waals surface area contributed by atoms with Crippen molar-refractivity contribution in [2.45, 2.75) is 26.4 Å². The summed E-state index contributed by atoms with van der Waals surface area (Å²) in [6, 6.07) is 0.614. The van der Waals surface area contributed by atoms with Crippen molar-refractivity contribution in [1.29, 1.82) is 0 Å². The summed E-state index contributed by atoms with van der Waals surface area (Å²) in [5, 5.41) is 4.11. The largest absolute Gasteiger partial charge is 0.336 e. The molecule has 1 aromatic rings.